The van der Waals surface area contributed by atoms with Crippen molar-refractivity contribution in [2.24, 2.45) is 23.1 Å². The number of nitrogens with one attached hydrogen (secondary N) is 12. The molecule has 0 fully saturated rings. The van der Waals surface area contributed by atoms with E-state index in [9.17, 15) is 121 Å². The van der Waals surface area contributed by atoms with Gasteiger partial charge in [0.15, 0.2) is 5.78 Å². The Morgan fingerprint density at radius 3 is 1.58 bits per heavy atom. The lowest BCUT2D eigenvalue weighted by molar-refractivity contribution is -0.156. The minimum atomic E-state index is -2.37. The Morgan fingerprint density at radius 2 is 1.01 bits per heavy atom. The largest absolute Gasteiger partial charge is 0.481 e. The van der Waals surface area contributed by atoms with Gasteiger partial charge < -0.3 is 121 Å². The average molecular weight is 1650 g/mol. The number of benzene rings is 2. The van der Waals surface area contributed by atoms with Crippen LogP contribution in [0.5, 0.6) is 0 Å². The summed E-state index contributed by atoms with van der Waals surface area (Å²) in [5, 5.41) is 82.7. The highest BCUT2D eigenvalue weighted by Crippen LogP contribution is 2.23. The van der Waals surface area contributed by atoms with E-state index in [1.807, 2.05) is 16.0 Å². The molecule has 13 atom stereocenters. The van der Waals surface area contributed by atoms with Crippen LogP contribution in [0.3, 0.4) is 0 Å². The number of aliphatic carboxylic acids is 5. The topological polar surface area (TPSA) is 701 Å². The Labute approximate surface area is 670 Å². The van der Waals surface area contributed by atoms with Crippen molar-refractivity contribution >= 4 is 129 Å². The van der Waals surface area contributed by atoms with Crippen LogP contribution in [-0.4, -0.2) is 264 Å². The molecule has 3 rings (SSSR count). The third-order valence-corrected chi connectivity index (χ3v) is 18.1. The first-order chi connectivity index (χ1) is 55.2. The fourth-order valence-corrected chi connectivity index (χ4v) is 11.8. The van der Waals surface area contributed by atoms with Gasteiger partial charge in [0.1, 0.15) is 66.5 Å². The summed E-state index contributed by atoms with van der Waals surface area (Å²) >= 11 is 0. The highest BCUT2D eigenvalue weighted by molar-refractivity contribution is 6.03. The number of likely N-dealkylation sites (N-methyl/N-ethyl adjacent to an activating group) is 1. The first-order valence-electron chi connectivity index (χ1n) is 37.6. The quantitative estimate of drug-likeness (QED) is 0.0144. The smallest absolute Gasteiger partial charge is 0.329 e. The molecule has 0 aliphatic carbocycles. The predicted molar refractivity (Wildman–Crippen MR) is 409 cm³/mol. The van der Waals surface area contributed by atoms with E-state index >= 15 is 0 Å². The summed E-state index contributed by atoms with van der Waals surface area (Å²) in [4.78, 5) is 272. The molecule has 1 heterocycles. The molecular formula is C74H106N16O27. The Kier molecular flexibility index (Phi) is 42.7. The van der Waals surface area contributed by atoms with Crippen molar-refractivity contribution in [1.82, 2.24) is 68.4 Å². The molecule has 3 aromatic rings. The summed E-state index contributed by atoms with van der Waals surface area (Å²) in [7, 11) is 0. The molecule has 0 aliphatic rings. The SMILES string of the molecule is CCCCCCCCCC(=O)N(CC)[C@@H](Cc1c[nH]c2ccccc12)C(=O)N[C@@H](CC(N)=O)C(=O)N[C@@H](CC(=O)O)C(=O)NC(C(=O)NCC(=O)N[C@H](CCCN)C(=O)O)C(C)OC(=O)[C@H](CC(=O)c1ccccc1)NC(=O)[C@@H](NC(=O)C(CO)NC(=O)CNC(=O)[C@H](CC(=O)O)NC(=O)C(C)NC(=O)C(N)CC(=O)O)[C@@H](C)CC(=O)O. The number of hydrogen-bond acceptors (Lipinski definition) is 24. The van der Waals surface area contributed by atoms with Crippen molar-refractivity contribution in [3.05, 3.63) is 71.9 Å². The van der Waals surface area contributed by atoms with E-state index in [1.165, 1.54) is 35.2 Å². The number of esters is 1. The number of rotatable bonds is 56. The van der Waals surface area contributed by atoms with Crippen molar-refractivity contribution in [3.63, 3.8) is 0 Å². The van der Waals surface area contributed by atoms with Crippen LogP contribution in [-0.2, 0) is 102 Å². The zero-order valence-corrected chi connectivity index (χ0v) is 65.3. The van der Waals surface area contributed by atoms with Gasteiger partial charge in [-0.05, 0) is 64.1 Å². The highest BCUT2D eigenvalue weighted by atomic mass is 16.5. The van der Waals surface area contributed by atoms with Gasteiger partial charge >= 0.3 is 35.8 Å². The number of primary amides is 1. The second kappa shape index (κ2) is 50.6. The lowest BCUT2D eigenvalue weighted by atomic mass is 9.96. The van der Waals surface area contributed by atoms with Crippen molar-refractivity contribution < 1.29 is 131 Å². The first kappa shape index (κ1) is 98.7. The Bertz CT molecular complexity index is 4010. The number of nitrogens with zero attached hydrogens (tertiary/aromatic N) is 1. The third-order valence-electron chi connectivity index (χ3n) is 18.1. The van der Waals surface area contributed by atoms with E-state index in [0.717, 1.165) is 52.9 Å². The van der Waals surface area contributed by atoms with Crippen LogP contribution in [0.25, 0.3) is 10.9 Å². The molecule has 117 heavy (non-hydrogen) atoms. The fourth-order valence-electron chi connectivity index (χ4n) is 11.8. The van der Waals surface area contributed by atoms with Gasteiger partial charge in [0.05, 0.1) is 57.8 Å². The minimum absolute atomic E-state index is 0.00364. The van der Waals surface area contributed by atoms with Gasteiger partial charge in [-0.2, -0.15) is 0 Å². The van der Waals surface area contributed by atoms with Gasteiger partial charge in [0.2, 0.25) is 76.8 Å². The number of para-hydroxylation sites is 1. The number of carbonyl (C=O) groups excluding carboxylic acids is 15. The maximum atomic E-state index is 14.8. The summed E-state index contributed by atoms with van der Waals surface area (Å²) in [6.07, 6.45) is -1.06. The molecule has 13 amide bonds. The van der Waals surface area contributed by atoms with E-state index in [1.54, 1.807) is 37.4 Å². The molecule has 43 heteroatoms. The second-order valence-electron chi connectivity index (χ2n) is 27.5. The number of amides is 13. The lowest BCUT2D eigenvalue weighted by Gasteiger charge is -2.32. The Hall–Kier alpha value is -12.5. The van der Waals surface area contributed by atoms with E-state index in [-0.39, 0.29) is 44.3 Å². The number of aromatic amines is 1. The number of aliphatic hydroxyl groups is 1. The van der Waals surface area contributed by atoms with Crippen molar-refractivity contribution in [2.45, 2.75) is 216 Å². The van der Waals surface area contributed by atoms with Crippen LogP contribution in [0.2, 0.25) is 0 Å². The number of carboxylic acids is 5. The summed E-state index contributed by atoms with van der Waals surface area (Å²) in [6, 6.07) is -7.48. The first-order valence-corrected chi connectivity index (χ1v) is 37.6. The number of H-pyrrole nitrogens is 1. The van der Waals surface area contributed by atoms with E-state index in [0.29, 0.717) is 29.3 Å². The maximum Gasteiger partial charge on any atom is 0.329 e. The zero-order chi connectivity index (χ0) is 87.8. The monoisotopic (exact) mass is 1650 g/mol. The van der Waals surface area contributed by atoms with Gasteiger partial charge in [0.25, 0.3) is 0 Å². The van der Waals surface area contributed by atoms with Crippen LogP contribution in [0.1, 0.15) is 153 Å². The third kappa shape index (κ3) is 35.0. The molecular weight excluding hydrogens is 1540 g/mol. The molecule has 24 N–H and O–H groups in total. The Balaban J connectivity index is 2.08. The summed E-state index contributed by atoms with van der Waals surface area (Å²) in [6.45, 7) is 3.17. The highest BCUT2D eigenvalue weighted by Gasteiger charge is 2.41. The zero-order valence-electron chi connectivity index (χ0n) is 65.3. The number of fused-ring (bicyclic) bond motifs is 1. The second-order valence-corrected chi connectivity index (χ2v) is 27.5. The number of carboxylic acid groups (broad SMARTS) is 5. The number of aliphatic hydroxyl groups excluding tert-OH is 1. The van der Waals surface area contributed by atoms with Gasteiger partial charge in [-0.25, -0.2) is 9.59 Å². The van der Waals surface area contributed by atoms with Crippen LogP contribution in [0.15, 0.2) is 60.8 Å². The van der Waals surface area contributed by atoms with Gasteiger partial charge in [0, 0.05) is 48.5 Å². The normalized spacial score (nSPS) is 14.3. The molecule has 0 aliphatic heterocycles. The molecule has 1 aromatic heterocycles. The summed E-state index contributed by atoms with van der Waals surface area (Å²) in [5.41, 5.74) is 17.8. The van der Waals surface area contributed by atoms with Crippen molar-refractivity contribution in [3.8, 4) is 0 Å². The maximum absolute atomic E-state index is 14.8. The van der Waals surface area contributed by atoms with Gasteiger partial charge in [-0.15, -0.1) is 0 Å². The Morgan fingerprint density at radius 1 is 0.496 bits per heavy atom. The summed E-state index contributed by atoms with van der Waals surface area (Å²) < 4.78 is 5.66. The van der Waals surface area contributed by atoms with Gasteiger partial charge in [-0.1, -0.05) is 101 Å². The number of ether oxygens (including phenoxy) is 1. The molecule has 0 bridgehead atoms. The molecule has 43 nitrogen and oxygen atoms in total. The van der Waals surface area contributed by atoms with Crippen LogP contribution in [0, 0.1) is 5.92 Å². The standard InChI is InChI=1S/C74H106N16O27/c1-6-8-9-10-11-12-16-25-57(96)90(7-2)52(28-42-34-78-45-23-18-17-22-43(42)45)70(111)86-47(31-54(77)93)67(108)85-49(33-61(103)104)68(109)89-63(71(112)80-36-55(94)82-46(73(114)115)24-19-26-75)40(5)117-74(116)50(30-53(92)41-20-14-13-15-21-41)87-72(113)62(38(3)27-58(97)98)88-69(110)51(37-91)83-56(95)35-79-66(107)48(32-60(101)102)84-64(105)39(4)81-65(106)44(76)29-59(99)100/h13-15,17-18,20-23,34,38-40,44,46-52,62-63,78,91H,6-12,16,19,24-33,35-37,75-76H2,1-5H3,(H2,77,93)(H,79,107)(H,80,112)(H,81,106)(H,82,94)(H,83,95)(H,84,105)(H,85,108)(H,86,111)(H,87,113)(H,88,110)(H,89,109)(H,97,98)(H,99,100)(H,101,102)(H,103,104)(H,114,115)/t38-,39?,40?,44?,46+,47-,48-,49-,50-,51?,52-,62-,63?/m0/s1. The number of Topliss-reactive ketones (excluding diaryl/α,β-unsaturated/α-hetero) is 1. The predicted octanol–water partition coefficient (Wildman–Crippen LogP) is -4.56. The molecule has 0 saturated heterocycles. The molecule has 2 aromatic carbocycles. The van der Waals surface area contributed by atoms with Crippen LogP contribution in [0.4, 0.5) is 0 Å². The van der Waals surface area contributed by atoms with Gasteiger partial charge in [-0.3, -0.25) is 86.3 Å². The van der Waals surface area contributed by atoms with Crippen molar-refractivity contribution in [1.29, 1.82) is 0 Å². The van der Waals surface area contributed by atoms with Crippen LogP contribution < -0.4 is 75.7 Å². The number of aromatic nitrogens is 1. The minimum Gasteiger partial charge on any atom is -0.481 e. The average Bonchev–Trinajstić information content (AvgIpc) is 1.69. The van der Waals surface area contributed by atoms with Crippen LogP contribution >= 0.6 is 0 Å². The van der Waals surface area contributed by atoms with E-state index in [4.69, 9.17) is 27.0 Å². The number of unbranched alkanes of at least 4 members (excludes halogenated alkanes) is 6. The number of hydrogen-bond donors (Lipinski definition) is 21. The molecule has 0 radical (unpaired) electrons. The lowest BCUT2D eigenvalue weighted by Crippen LogP contribution is -2.62. The van der Waals surface area contributed by atoms with Crippen molar-refractivity contribution in [2.75, 3.05) is 32.8 Å². The molecule has 5 unspecified atom stereocenters. The number of nitrogens with two attached hydrogens (primary N) is 3. The molecule has 644 valence electrons. The number of carbonyl (C=O) groups is 20. The molecule has 0 spiro atoms. The summed E-state index contributed by atoms with van der Waals surface area (Å²) in [5.74, 6) is -28.5. The van der Waals surface area contributed by atoms with E-state index in [2.05, 4.69) is 54.4 Å². The molecule has 0 saturated carbocycles. The fraction of sp³-hybridized carbons (Fsp3) is 0.541. The van der Waals surface area contributed by atoms with E-state index < -0.39 is 255 Å². The number of ketones is 1.